The van der Waals surface area contributed by atoms with Crippen molar-refractivity contribution in [2.45, 2.75) is 48.3 Å². The minimum absolute atomic E-state index is 0.125. The van der Waals surface area contributed by atoms with Gasteiger partial charge in [0.05, 0.1) is 33.4 Å². The maximum absolute atomic E-state index is 12.8. The van der Waals surface area contributed by atoms with Crippen LogP contribution in [0.4, 0.5) is 13.2 Å². The molecule has 0 aliphatic heterocycles. The molecule has 1 aliphatic carbocycles. The van der Waals surface area contributed by atoms with Crippen LogP contribution in [0.3, 0.4) is 0 Å². The van der Waals surface area contributed by atoms with Gasteiger partial charge in [0, 0.05) is 0 Å². The van der Waals surface area contributed by atoms with E-state index in [1.54, 1.807) is 18.2 Å². The van der Waals surface area contributed by atoms with Crippen molar-refractivity contribution in [3.8, 4) is 0 Å². The smallest absolute Gasteiger partial charge is 0.373 e. The Bertz CT molecular complexity index is 895. The van der Waals surface area contributed by atoms with E-state index >= 15 is 0 Å². The van der Waals surface area contributed by atoms with Gasteiger partial charge in [0.2, 0.25) is 0 Å². The molecule has 3 nitrogen and oxygen atoms in total. The number of halogens is 4. The number of hydrogen-bond acceptors (Lipinski definition) is 3. The number of sulfone groups is 1. The molecule has 2 aromatic rings. The van der Waals surface area contributed by atoms with E-state index in [0.29, 0.717) is 24.8 Å². The maximum Gasteiger partial charge on any atom is 0.416 e. The number of rotatable bonds is 5. The first-order valence-electron chi connectivity index (χ1n) is 8.44. The average Bonchev–Trinajstić information content (AvgIpc) is 3.10. The van der Waals surface area contributed by atoms with Gasteiger partial charge in [-0.1, -0.05) is 35.9 Å². The average molecular weight is 419 g/mol. The molecule has 0 radical (unpaired) electrons. The van der Waals surface area contributed by atoms with Gasteiger partial charge < -0.3 is 4.74 Å². The molecule has 1 fully saturated rings. The minimum Gasteiger partial charge on any atom is -0.373 e. The predicted octanol–water partition coefficient (Wildman–Crippen LogP) is 5.27. The number of hydrogen-bond donors (Lipinski definition) is 0. The molecule has 0 amide bonds. The van der Waals surface area contributed by atoms with Crippen LogP contribution in [0.15, 0.2) is 53.4 Å². The van der Waals surface area contributed by atoms with Crippen LogP contribution in [-0.4, -0.2) is 19.8 Å². The maximum atomic E-state index is 12.8. The second kappa shape index (κ2) is 7.81. The Kier molecular flexibility index (Phi) is 5.84. The summed E-state index contributed by atoms with van der Waals surface area (Å²) < 4.78 is 69.0. The Hall–Kier alpha value is -1.57. The molecule has 0 N–H and O–H groups in total. The highest BCUT2D eigenvalue weighted by Gasteiger charge is 2.36. The molecule has 8 heteroatoms. The lowest BCUT2D eigenvalue weighted by Crippen LogP contribution is -2.20. The predicted molar refractivity (Wildman–Crippen MR) is 96.3 cm³/mol. The Morgan fingerprint density at radius 1 is 1.04 bits per heavy atom. The molecule has 2 atom stereocenters. The van der Waals surface area contributed by atoms with E-state index in [1.807, 2.05) is 0 Å². The summed E-state index contributed by atoms with van der Waals surface area (Å²) in [5.74, 6) is 0. The second-order valence-corrected chi connectivity index (χ2v) is 9.14. The lowest BCUT2D eigenvalue weighted by atomic mass is 10.1. The Labute approximate surface area is 161 Å². The van der Waals surface area contributed by atoms with Crippen molar-refractivity contribution in [1.82, 2.24) is 0 Å². The van der Waals surface area contributed by atoms with Crippen LogP contribution >= 0.6 is 11.6 Å². The van der Waals surface area contributed by atoms with E-state index in [4.69, 9.17) is 16.3 Å². The van der Waals surface area contributed by atoms with Crippen LogP contribution in [0.2, 0.25) is 5.02 Å². The summed E-state index contributed by atoms with van der Waals surface area (Å²) in [5.41, 5.74) is -0.0987. The summed E-state index contributed by atoms with van der Waals surface area (Å²) in [7, 11) is -3.54. The molecule has 0 heterocycles. The number of alkyl halides is 3. The highest BCUT2D eigenvalue weighted by Crippen LogP contribution is 2.34. The highest BCUT2D eigenvalue weighted by molar-refractivity contribution is 7.92. The summed E-state index contributed by atoms with van der Waals surface area (Å²) in [6.45, 7) is 0.141. The molecule has 0 unspecified atom stereocenters. The van der Waals surface area contributed by atoms with Crippen molar-refractivity contribution in [3.63, 3.8) is 0 Å². The third-order valence-corrected chi connectivity index (χ3v) is 7.40. The number of ether oxygens (including phenoxy) is 1. The first kappa shape index (κ1) is 20.2. The molecule has 0 spiro atoms. The summed E-state index contributed by atoms with van der Waals surface area (Å²) in [4.78, 5) is 0.125. The molecular formula is C19H18ClF3O3S. The van der Waals surface area contributed by atoms with Gasteiger partial charge in [-0.2, -0.15) is 13.2 Å². The Morgan fingerprint density at radius 2 is 1.70 bits per heavy atom. The van der Waals surface area contributed by atoms with Crippen molar-refractivity contribution < 1.29 is 26.3 Å². The molecule has 27 heavy (non-hydrogen) atoms. The van der Waals surface area contributed by atoms with E-state index in [9.17, 15) is 21.6 Å². The van der Waals surface area contributed by atoms with E-state index in [0.717, 1.165) is 12.1 Å². The fourth-order valence-corrected chi connectivity index (χ4v) is 5.53. The standard InChI is InChI=1S/C19H18ClF3O3S/c20-17-3-1-2-4-18(17)27(24,25)16-10-9-15(11-16)26-12-13-5-7-14(8-6-13)19(21,22)23/h1-8,15-16H,9-12H2/t15-,16+/m0/s1. The van der Waals surface area contributed by atoms with Crippen molar-refractivity contribution >= 4 is 21.4 Å². The summed E-state index contributed by atoms with van der Waals surface area (Å²) in [6.07, 6.45) is -3.24. The molecule has 0 saturated heterocycles. The molecule has 3 rings (SSSR count). The highest BCUT2D eigenvalue weighted by atomic mass is 35.5. The van der Waals surface area contributed by atoms with E-state index < -0.39 is 26.8 Å². The van der Waals surface area contributed by atoms with Crippen LogP contribution in [0.5, 0.6) is 0 Å². The van der Waals surface area contributed by atoms with Gasteiger partial charge in [0.25, 0.3) is 0 Å². The van der Waals surface area contributed by atoms with Crippen LogP contribution in [-0.2, 0) is 27.4 Å². The van der Waals surface area contributed by atoms with Crippen molar-refractivity contribution in [3.05, 3.63) is 64.7 Å². The van der Waals surface area contributed by atoms with Crippen molar-refractivity contribution in [2.24, 2.45) is 0 Å². The molecule has 1 aliphatic rings. The Morgan fingerprint density at radius 3 is 2.33 bits per heavy atom. The molecule has 0 bridgehead atoms. The SMILES string of the molecule is O=S(=O)(c1ccccc1Cl)[C@@H]1CC[C@H](OCc2ccc(C(F)(F)F)cc2)C1. The van der Waals surface area contributed by atoms with E-state index in [1.165, 1.54) is 18.2 Å². The zero-order chi connectivity index (χ0) is 19.7. The molecular weight excluding hydrogens is 401 g/mol. The third-order valence-electron chi connectivity index (χ3n) is 4.69. The van der Waals surface area contributed by atoms with Gasteiger partial charge in [-0.25, -0.2) is 8.42 Å². The topological polar surface area (TPSA) is 43.4 Å². The van der Waals surface area contributed by atoms with Crippen LogP contribution < -0.4 is 0 Å². The van der Waals surface area contributed by atoms with Crippen LogP contribution in [0.1, 0.15) is 30.4 Å². The van der Waals surface area contributed by atoms with Gasteiger partial charge in [0.1, 0.15) is 0 Å². The number of benzene rings is 2. The third kappa shape index (κ3) is 4.65. The largest absolute Gasteiger partial charge is 0.416 e. The van der Waals surface area contributed by atoms with Crippen molar-refractivity contribution in [2.75, 3.05) is 0 Å². The first-order valence-corrected chi connectivity index (χ1v) is 10.4. The molecule has 2 aromatic carbocycles. The van der Waals surface area contributed by atoms with Gasteiger partial charge in [-0.15, -0.1) is 0 Å². The fraction of sp³-hybridized carbons (Fsp3) is 0.368. The van der Waals surface area contributed by atoms with Crippen LogP contribution in [0, 0.1) is 0 Å². The van der Waals surface area contributed by atoms with Gasteiger partial charge >= 0.3 is 6.18 Å². The van der Waals surface area contributed by atoms with Crippen molar-refractivity contribution in [1.29, 1.82) is 0 Å². The molecule has 1 saturated carbocycles. The van der Waals surface area contributed by atoms with E-state index in [2.05, 4.69) is 0 Å². The second-order valence-electron chi connectivity index (χ2n) is 6.54. The summed E-state index contributed by atoms with van der Waals surface area (Å²) >= 11 is 6.02. The normalized spacial score (nSPS) is 20.7. The Balaban J connectivity index is 1.59. The summed E-state index contributed by atoms with van der Waals surface area (Å²) in [5, 5.41) is -0.373. The monoisotopic (exact) mass is 418 g/mol. The fourth-order valence-electron chi connectivity index (χ4n) is 3.19. The van der Waals surface area contributed by atoms with Gasteiger partial charge in [-0.3, -0.25) is 0 Å². The zero-order valence-electron chi connectivity index (χ0n) is 14.2. The zero-order valence-corrected chi connectivity index (χ0v) is 15.8. The van der Waals surface area contributed by atoms with Gasteiger partial charge in [0.15, 0.2) is 9.84 Å². The van der Waals surface area contributed by atoms with E-state index in [-0.39, 0.29) is 22.6 Å². The quantitative estimate of drug-likeness (QED) is 0.664. The summed E-state index contributed by atoms with van der Waals surface area (Å²) in [6, 6.07) is 11.1. The van der Waals surface area contributed by atoms with Crippen LogP contribution in [0.25, 0.3) is 0 Å². The molecule has 146 valence electrons. The lowest BCUT2D eigenvalue weighted by Gasteiger charge is -2.15. The van der Waals surface area contributed by atoms with Gasteiger partial charge in [-0.05, 0) is 49.1 Å². The molecule has 0 aromatic heterocycles. The lowest BCUT2D eigenvalue weighted by molar-refractivity contribution is -0.137. The first-order chi connectivity index (χ1) is 12.7. The minimum atomic E-state index is -4.37.